The first-order chi connectivity index (χ1) is 12.2. The van der Waals surface area contributed by atoms with Crippen LogP contribution < -0.4 is 10.6 Å². The van der Waals surface area contributed by atoms with Crippen LogP contribution in [0.3, 0.4) is 0 Å². The van der Waals surface area contributed by atoms with Gasteiger partial charge in [0, 0.05) is 36.8 Å². The Balaban J connectivity index is 1.68. The molecule has 0 bridgehead atoms. The molecular formula is C21H24N2O2. The van der Waals surface area contributed by atoms with E-state index >= 15 is 0 Å². The SMILES string of the molecule is C[C@H]1/C(=C/C(=O)OCc2ccccc2)NCCN[C@H]1c1ccccc1. The number of ether oxygens (including phenoxy) is 1. The second-order valence-corrected chi connectivity index (χ2v) is 6.25. The van der Waals surface area contributed by atoms with Gasteiger partial charge in [-0.15, -0.1) is 0 Å². The number of esters is 1. The number of carbonyl (C=O) groups excluding carboxylic acids is 1. The maximum atomic E-state index is 12.2. The Bertz CT molecular complexity index is 713. The van der Waals surface area contributed by atoms with Crippen LogP contribution in [0.25, 0.3) is 0 Å². The Hall–Kier alpha value is -2.59. The fraction of sp³-hybridized carbons (Fsp3) is 0.286. The zero-order chi connectivity index (χ0) is 17.5. The summed E-state index contributed by atoms with van der Waals surface area (Å²) in [5.74, 6) is -0.166. The van der Waals surface area contributed by atoms with Crippen LogP contribution in [0.1, 0.15) is 24.1 Å². The summed E-state index contributed by atoms with van der Waals surface area (Å²) >= 11 is 0. The Labute approximate surface area is 148 Å². The minimum Gasteiger partial charge on any atom is -0.458 e. The van der Waals surface area contributed by atoms with E-state index in [0.29, 0.717) is 0 Å². The quantitative estimate of drug-likeness (QED) is 0.665. The summed E-state index contributed by atoms with van der Waals surface area (Å²) in [6.45, 7) is 4.04. The van der Waals surface area contributed by atoms with Gasteiger partial charge in [-0.05, 0) is 11.1 Å². The van der Waals surface area contributed by atoms with E-state index in [-0.39, 0.29) is 24.5 Å². The molecule has 1 aliphatic heterocycles. The molecule has 4 heteroatoms. The summed E-state index contributed by atoms with van der Waals surface area (Å²) in [5, 5.41) is 6.91. The molecule has 0 spiro atoms. The highest BCUT2D eigenvalue weighted by Crippen LogP contribution is 2.27. The summed E-state index contributed by atoms with van der Waals surface area (Å²) < 4.78 is 5.39. The molecule has 2 atom stereocenters. The lowest BCUT2D eigenvalue weighted by atomic mass is 9.92. The van der Waals surface area contributed by atoms with Gasteiger partial charge < -0.3 is 15.4 Å². The zero-order valence-corrected chi connectivity index (χ0v) is 14.4. The molecule has 130 valence electrons. The van der Waals surface area contributed by atoms with Gasteiger partial charge in [0.15, 0.2) is 0 Å². The number of rotatable bonds is 4. The maximum absolute atomic E-state index is 12.2. The van der Waals surface area contributed by atoms with E-state index in [1.165, 1.54) is 5.56 Å². The van der Waals surface area contributed by atoms with E-state index in [9.17, 15) is 4.79 Å². The Morgan fingerprint density at radius 2 is 1.76 bits per heavy atom. The van der Waals surface area contributed by atoms with Crippen molar-refractivity contribution in [3.63, 3.8) is 0 Å². The molecule has 0 saturated carbocycles. The average Bonchev–Trinajstić information content (AvgIpc) is 2.84. The summed E-state index contributed by atoms with van der Waals surface area (Å²) in [4.78, 5) is 12.2. The van der Waals surface area contributed by atoms with Crippen LogP contribution in [0, 0.1) is 5.92 Å². The van der Waals surface area contributed by atoms with E-state index in [1.54, 1.807) is 6.08 Å². The van der Waals surface area contributed by atoms with E-state index < -0.39 is 0 Å². The lowest BCUT2D eigenvalue weighted by Gasteiger charge is -2.24. The molecule has 0 amide bonds. The molecule has 0 unspecified atom stereocenters. The Morgan fingerprint density at radius 1 is 1.08 bits per heavy atom. The normalized spacial score (nSPS) is 22.0. The predicted octanol–water partition coefficient (Wildman–Crippen LogP) is 3.18. The van der Waals surface area contributed by atoms with E-state index in [2.05, 4.69) is 29.7 Å². The number of benzene rings is 2. The number of hydrogen-bond donors (Lipinski definition) is 2. The van der Waals surface area contributed by atoms with E-state index in [0.717, 1.165) is 24.4 Å². The first-order valence-electron chi connectivity index (χ1n) is 8.68. The van der Waals surface area contributed by atoms with Gasteiger partial charge in [0.05, 0.1) is 0 Å². The molecule has 2 aromatic carbocycles. The van der Waals surface area contributed by atoms with Crippen molar-refractivity contribution in [3.8, 4) is 0 Å². The van der Waals surface area contributed by atoms with Crippen molar-refractivity contribution >= 4 is 5.97 Å². The molecule has 1 aliphatic rings. The molecule has 1 fully saturated rings. The van der Waals surface area contributed by atoms with Gasteiger partial charge in [-0.2, -0.15) is 0 Å². The summed E-state index contributed by atoms with van der Waals surface area (Å²) in [6, 6.07) is 20.2. The minimum absolute atomic E-state index is 0.147. The Morgan fingerprint density at radius 3 is 2.48 bits per heavy atom. The van der Waals surface area contributed by atoms with E-state index in [4.69, 9.17) is 4.74 Å². The van der Waals surface area contributed by atoms with Gasteiger partial charge in [-0.3, -0.25) is 0 Å². The third-order valence-electron chi connectivity index (χ3n) is 4.46. The van der Waals surface area contributed by atoms with E-state index in [1.807, 2.05) is 48.5 Å². The third-order valence-corrected chi connectivity index (χ3v) is 4.46. The molecule has 4 nitrogen and oxygen atoms in total. The molecule has 1 heterocycles. The summed E-state index contributed by atoms with van der Waals surface area (Å²) in [7, 11) is 0. The smallest absolute Gasteiger partial charge is 0.332 e. The van der Waals surface area contributed by atoms with Crippen LogP contribution in [0.5, 0.6) is 0 Å². The molecule has 1 saturated heterocycles. The first kappa shape index (κ1) is 17.2. The fourth-order valence-electron chi connectivity index (χ4n) is 3.10. The topological polar surface area (TPSA) is 50.4 Å². The van der Waals surface area contributed by atoms with Crippen molar-refractivity contribution in [1.82, 2.24) is 10.6 Å². The highest BCUT2D eigenvalue weighted by Gasteiger charge is 2.25. The lowest BCUT2D eigenvalue weighted by Crippen LogP contribution is -2.26. The van der Waals surface area contributed by atoms with Crippen LogP contribution in [-0.2, 0) is 16.1 Å². The number of nitrogens with one attached hydrogen (secondary N) is 2. The average molecular weight is 336 g/mol. The molecule has 0 aromatic heterocycles. The number of hydrogen-bond acceptors (Lipinski definition) is 4. The molecular weight excluding hydrogens is 312 g/mol. The molecule has 2 aromatic rings. The molecule has 3 rings (SSSR count). The fourth-order valence-corrected chi connectivity index (χ4v) is 3.10. The molecule has 25 heavy (non-hydrogen) atoms. The van der Waals surface area contributed by atoms with Crippen LogP contribution in [0.15, 0.2) is 72.4 Å². The maximum Gasteiger partial charge on any atom is 0.332 e. The van der Waals surface area contributed by atoms with Crippen molar-refractivity contribution in [2.45, 2.75) is 19.6 Å². The van der Waals surface area contributed by atoms with Crippen LogP contribution in [-0.4, -0.2) is 19.1 Å². The van der Waals surface area contributed by atoms with Crippen LogP contribution in [0.2, 0.25) is 0 Å². The summed E-state index contributed by atoms with van der Waals surface area (Å²) in [5.41, 5.74) is 3.12. The molecule has 0 aliphatic carbocycles. The minimum atomic E-state index is -0.313. The summed E-state index contributed by atoms with van der Waals surface area (Å²) in [6.07, 6.45) is 1.59. The van der Waals surface area contributed by atoms with Crippen molar-refractivity contribution in [2.75, 3.05) is 13.1 Å². The van der Waals surface area contributed by atoms with Gasteiger partial charge in [0.25, 0.3) is 0 Å². The first-order valence-corrected chi connectivity index (χ1v) is 8.68. The monoisotopic (exact) mass is 336 g/mol. The van der Waals surface area contributed by atoms with Gasteiger partial charge in [0.2, 0.25) is 0 Å². The standard InChI is InChI=1S/C21H24N2O2/c1-16-19(14-20(24)25-15-17-8-4-2-5-9-17)22-12-13-23-21(16)18-10-6-3-7-11-18/h2-11,14,16,21-23H,12-13,15H2,1H3/b19-14-/t16-,21+/m0/s1. The zero-order valence-electron chi connectivity index (χ0n) is 14.4. The predicted molar refractivity (Wildman–Crippen MR) is 98.7 cm³/mol. The van der Waals surface area contributed by atoms with Crippen molar-refractivity contribution in [3.05, 3.63) is 83.6 Å². The van der Waals surface area contributed by atoms with Gasteiger partial charge in [-0.1, -0.05) is 67.6 Å². The van der Waals surface area contributed by atoms with Crippen molar-refractivity contribution in [1.29, 1.82) is 0 Å². The third kappa shape index (κ3) is 4.70. The molecule has 2 N–H and O–H groups in total. The largest absolute Gasteiger partial charge is 0.458 e. The highest BCUT2D eigenvalue weighted by atomic mass is 16.5. The van der Waals surface area contributed by atoms with Gasteiger partial charge in [0.1, 0.15) is 6.61 Å². The molecule has 0 radical (unpaired) electrons. The van der Waals surface area contributed by atoms with Gasteiger partial charge in [-0.25, -0.2) is 4.79 Å². The number of carbonyl (C=O) groups is 1. The van der Waals surface area contributed by atoms with Crippen LogP contribution >= 0.6 is 0 Å². The Kier molecular flexibility index (Phi) is 5.86. The second kappa shape index (κ2) is 8.49. The van der Waals surface area contributed by atoms with Crippen LogP contribution in [0.4, 0.5) is 0 Å². The lowest BCUT2D eigenvalue weighted by molar-refractivity contribution is -0.139. The second-order valence-electron chi connectivity index (χ2n) is 6.25. The van der Waals surface area contributed by atoms with Crippen molar-refractivity contribution in [2.24, 2.45) is 5.92 Å². The highest BCUT2D eigenvalue weighted by molar-refractivity contribution is 5.82. The van der Waals surface area contributed by atoms with Crippen molar-refractivity contribution < 1.29 is 9.53 Å². The van der Waals surface area contributed by atoms with Gasteiger partial charge >= 0.3 is 5.97 Å².